The molecule has 20 heavy (non-hydrogen) atoms. The van der Waals surface area contributed by atoms with Crippen molar-refractivity contribution in [2.45, 2.75) is 25.4 Å². The van der Waals surface area contributed by atoms with Gasteiger partial charge < -0.3 is 20.2 Å². The van der Waals surface area contributed by atoms with Gasteiger partial charge in [-0.3, -0.25) is 0 Å². The highest BCUT2D eigenvalue weighted by molar-refractivity contribution is 5.85. The Hall–Kier alpha value is -1.65. The Bertz CT molecular complexity index is 487. The van der Waals surface area contributed by atoms with Crippen LogP contribution in [-0.2, 0) is 6.42 Å². The molecule has 0 fully saturated rings. The zero-order valence-electron chi connectivity index (χ0n) is 11.3. The summed E-state index contributed by atoms with van der Waals surface area (Å²) < 4.78 is 0. The van der Waals surface area contributed by atoms with Crippen LogP contribution in [0.2, 0.25) is 0 Å². The first kappa shape index (κ1) is 16.4. The van der Waals surface area contributed by atoms with Crippen molar-refractivity contribution in [2.75, 3.05) is 6.61 Å². The first-order chi connectivity index (χ1) is 9.13. The molecule has 5 heteroatoms. The van der Waals surface area contributed by atoms with Crippen molar-refractivity contribution in [2.24, 2.45) is 0 Å². The third kappa shape index (κ3) is 3.46. The molecule has 0 spiro atoms. The van der Waals surface area contributed by atoms with Gasteiger partial charge in [-0.25, -0.2) is 0 Å². The maximum atomic E-state index is 9.78. The maximum absolute atomic E-state index is 9.78. The molecule has 0 aromatic heterocycles. The van der Waals surface area contributed by atoms with Gasteiger partial charge in [0.25, 0.3) is 0 Å². The average molecular weight is 298 g/mol. The van der Waals surface area contributed by atoms with Crippen LogP contribution in [0.25, 0.3) is 0 Å². The van der Waals surface area contributed by atoms with Crippen LogP contribution >= 0.6 is 12.4 Å². The molecule has 2 rings (SSSR count). The molecular weight excluding hydrogens is 278 g/mol. The molecule has 1 aliphatic heterocycles. The average Bonchev–Trinajstić information content (AvgIpc) is 2.44. The number of aliphatic hydroxyl groups is 3. The van der Waals surface area contributed by atoms with Gasteiger partial charge in [-0.1, -0.05) is 30.3 Å². The molecule has 0 saturated heterocycles. The number of hydrogen-bond acceptors (Lipinski definition) is 4. The Kier molecular flexibility index (Phi) is 5.92. The molecule has 1 aromatic carbocycles. The monoisotopic (exact) mass is 297 g/mol. The van der Waals surface area contributed by atoms with E-state index in [1.54, 1.807) is 13.1 Å². The molecule has 2 atom stereocenters. The van der Waals surface area contributed by atoms with Crippen molar-refractivity contribution in [1.82, 2.24) is 4.90 Å². The Balaban J connectivity index is 0.00000200. The fraction of sp³-hybridized carbons (Fsp3) is 0.333. The van der Waals surface area contributed by atoms with E-state index in [9.17, 15) is 15.3 Å². The van der Waals surface area contributed by atoms with Crippen molar-refractivity contribution in [3.63, 3.8) is 0 Å². The van der Waals surface area contributed by atoms with Crippen LogP contribution in [0.1, 0.15) is 12.5 Å². The van der Waals surface area contributed by atoms with Crippen LogP contribution in [0.3, 0.4) is 0 Å². The second-order valence-electron chi connectivity index (χ2n) is 4.74. The van der Waals surface area contributed by atoms with E-state index in [1.165, 1.54) is 6.08 Å². The summed E-state index contributed by atoms with van der Waals surface area (Å²) in [6, 6.07) is 9.41. The van der Waals surface area contributed by atoms with Crippen LogP contribution in [-0.4, -0.2) is 38.9 Å². The quantitative estimate of drug-likeness (QED) is 0.799. The molecule has 0 amide bonds. The van der Waals surface area contributed by atoms with E-state index >= 15 is 0 Å². The van der Waals surface area contributed by atoms with Crippen LogP contribution in [0.5, 0.6) is 0 Å². The summed E-state index contributed by atoms with van der Waals surface area (Å²) >= 11 is 0. The molecule has 1 heterocycles. The van der Waals surface area contributed by atoms with Crippen molar-refractivity contribution in [1.29, 1.82) is 0 Å². The number of hydrogen-bond donors (Lipinski definition) is 3. The fourth-order valence-corrected chi connectivity index (χ4v) is 2.31. The summed E-state index contributed by atoms with van der Waals surface area (Å²) in [7, 11) is 0. The number of allylic oxidation sites excluding steroid dienone is 1. The van der Waals surface area contributed by atoms with Gasteiger partial charge in [0, 0.05) is 6.20 Å². The van der Waals surface area contributed by atoms with E-state index in [0.29, 0.717) is 6.42 Å². The van der Waals surface area contributed by atoms with E-state index < -0.39 is 0 Å². The Morgan fingerprint density at radius 1 is 1.20 bits per heavy atom. The highest BCUT2D eigenvalue weighted by Crippen LogP contribution is 2.22. The molecular formula is C15H20ClNO3. The van der Waals surface area contributed by atoms with E-state index in [4.69, 9.17) is 0 Å². The van der Waals surface area contributed by atoms with E-state index in [0.717, 1.165) is 5.56 Å². The minimum atomic E-state index is -0.342. The lowest BCUT2D eigenvalue weighted by atomic mass is 10.0. The molecule has 0 saturated carbocycles. The largest absolute Gasteiger partial charge is 0.506 e. The van der Waals surface area contributed by atoms with Gasteiger partial charge in [0.05, 0.1) is 18.7 Å². The molecule has 3 N–H and O–H groups in total. The highest BCUT2D eigenvalue weighted by Gasteiger charge is 2.27. The second-order valence-corrected chi connectivity index (χ2v) is 4.74. The highest BCUT2D eigenvalue weighted by atomic mass is 35.5. The van der Waals surface area contributed by atoms with Crippen molar-refractivity contribution < 1.29 is 15.3 Å². The third-order valence-corrected chi connectivity index (χ3v) is 3.46. The number of rotatable bonds is 4. The third-order valence-electron chi connectivity index (χ3n) is 3.46. The Labute approximate surface area is 125 Å². The minimum Gasteiger partial charge on any atom is -0.506 e. The first-order valence-electron chi connectivity index (χ1n) is 6.36. The summed E-state index contributed by atoms with van der Waals surface area (Å²) in [6.45, 7) is 1.78. The van der Waals surface area contributed by atoms with Gasteiger partial charge in [0.15, 0.2) is 11.5 Å². The minimum absolute atomic E-state index is 0. The normalized spacial score (nSPS) is 19.7. The number of halogens is 1. The van der Waals surface area contributed by atoms with Crippen molar-refractivity contribution in [3.8, 4) is 0 Å². The van der Waals surface area contributed by atoms with Crippen molar-refractivity contribution >= 4 is 12.4 Å². The van der Waals surface area contributed by atoms with Gasteiger partial charge in [0.1, 0.15) is 0 Å². The van der Waals surface area contributed by atoms with Gasteiger partial charge in [-0.15, -0.1) is 12.4 Å². The lowest BCUT2D eigenvalue weighted by Gasteiger charge is -2.36. The molecule has 0 bridgehead atoms. The van der Waals surface area contributed by atoms with Crippen LogP contribution in [0, 0.1) is 0 Å². The van der Waals surface area contributed by atoms with Crippen molar-refractivity contribution in [3.05, 3.63) is 59.7 Å². The zero-order valence-corrected chi connectivity index (χ0v) is 12.1. The van der Waals surface area contributed by atoms with Gasteiger partial charge in [-0.05, 0) is 25.0 Å². The predicted molar refractivity (Wildman–Crippen MR) is 81.0 cm³/mol. The molecule has 0 radical (unpaired) electrons. The van der Waals surface area contributed by atoms with Crippen LogP contribution in [0.4, 0.5) is 0 Å². The van der Waals surface area contributed by atoms with Crippen LogP contribution in [0.15, 0.2) is 54.1 Å². The molecule has 1 aromatic rings. The van der Waals surface area contributed by atoms with Crippen LogP contribution < -0.4 is 0 Å². The number of nitrogens with zero attached hydrogens (tertiary/aromatic N) is 1. The topological polar surface area (TPSA) is 63.9 Å². The van der Waals surface area contributed by atoms with E-state index in [-0.39, 0.29) is 42.6 Å². The van der Waals surface area contributed by atoms with Gasteiger partial charge in [-0.2, -0.15) is 0 Å². The lowest BCUT2D eigenvalue weighted by Crippen LogP contribution is -2.44. The van der Waals surface area contributed by atoms with Gasteiger partial charge >= 0.3 is 0 Å². The molecule has 2 unspecified atom stereocenters. The predicted octanol–water partition coefficient (Wildman–Crippen LogP) is 2.56. The molecule has 4 nitrogen and oxygen atoms in total. The summed E-state index contributed by atoms with van der Waals surface area (Å²) in [5.74, 6) is -0.172. The zero-order chi connectivity index (χ0) is 13.8. The van der Waals surface area contributed by atoms with E-state index in [2.05, 4.69) is 0 Å². The first-order valence-corrected chi connectivity index (χ1v) is 6.36. The smallest absolute Gasteiger partial charge is 0.156 e. The fourth-order valence-electron chi connectivity index (χ4n) is 2.31. The number of benzene rings is 1. The molecule has 1 aliphatic rings. The SMILES string of the molecule is CC1C(O)=C(O)C=CN1C(CO)Cc1ccccc1.Cl. The summed E-state index contributed by atoms with van der Waals surface area (Å²) in [6.07, 6.45) is 3.84. The summed E-state index contributed by atoms with van der Waals surface area (Å²) in [5.41, 5.74) is 1.13. The summed E-state index contributed by atoms with van der Waals surface area (Å²) in [4.78, 5) is 1.86. The number of aliphatic hydroxyl groups excluding tert-OH is 3. The summed E-state index contributed by atoms with van der Waals surface area (Å²) in [5, 5.41) is 28.8. The molecule has 110 valence electrons. The maximum Gasteiger partial charge on any atom is 0.156 e. The Morgan fingerprint density at radius 2 is 1.85 bits per heavy atom. The Morgan fingerprint density at radius 3 is 2.45 bits per heavy atom. The second kappa shape index (κ2) is 7.22. The van der Waals surface area contributed by atoms with Gasteiger partial charge in [0.2, 0.25) is 0 Å². The standard InChI is InChI=1S/C15H19NO3.ClH/c1-11-15(19)14(18)7-8-16(11)13(10-17)9-12-5-3-2-4-6-12;/h2-8,11,13,17-19H,9-10H2,1H3;1H. The van der Waals surface area contributed by atoms with E-state index in [1.807, 2.05) is 35.2 Å². The lowest BCUT2D eigenvalue weighted by molar-refractivity contribution is 0.118. The molecule has 0 aliphatic carbocycles.